The summed E-state index contributed by atoms with van der Waals surface area (Å²) in [7, 11) is 1.35. The van der Waals surface area contributed by atoms with Crippen LogP contribution in [0.15, 0.2) is 48.5 Å². The van der Waals surface area contributed by atoms with Crippen LogP contribution in [0.25, 0.3) is 11.1 Å². The molecule has 30 heavy (non-hydrogen) atoms. The maximum absolute atomic E-state index is 12.1. The summed E-state index contributed by atoms with van der Waals surface area (Å²) >= 11 is 0. The van der Waals surface area contributed by atoms with Crippen LogP contribution in [0, 0.1) is 0 Å². The number of hydrogen-bond donors (Lipinski definition) is 3. The molecule has 0 bridgehead atoms. The number of carbonyl (C=O) groups is 3. The average molecular weight is 412 g/mol. The van der Waals surface area contributed by atoms with Crippen LogP contribution in [0.1, 0.15) is 24.0 Å². The van der Waals surface area contributed by atoms with Crippen LogP contribution in [0.5, 0.6) is 0 Å². The van der Waals surface area contributed by atoms with Crippen molar-refractivity contribution in [2.75, 3.05) is 20.3 Å². The number of rotatable bonds is 8. The molecule has 0 fully saturated rings. The SMILES string of the molecule is CO[C@H](C)[C@H](NC(=O)CNC(=O)OCC1c2ccccc2-c2ccccc21)C(=O)O. The van der Waals surface area contributed by atoms with E-state index in [9.17, 15) is 14.4 Å². The zero-order valence-electron chi connectivity index (χ0n) is 16.8. The summed E-state index contributed by atoms with van der Waals surface area (Å²) in [6.45, 7) is 1.24. The van der Waals surface area contributed by atoms with Gasteiger partial charge in [-0.25, -0.2) is 9.59 Å². The van der Waals surface area contributed by atoms with E-state index in [-0.39, 0.29) is 12.5 Å². The van der Waals surface area contributed by atoms with Gasteiger partial charge >= 0.3 is 12.1 Å². The van der Waals surface area contributed by atoms with E-state index >= 15 is 0 Å². The third kappa shape index (κ3) is 4.60. The quantitative estimate of drug-likeness (QED) is 0.612. The highest BCUT2D eigenvalue weighted by Crippen LogP contribution is 2.44. The summed E-state index contributed by atoms with van der Waals surface area (Å²) < 4.78 is 10.3. The minimum absolute atomic E-state index is 0.0871. The Morgan fingerprint density at radius 1 is 1.03 bits per heavy atom. The Labute approximate surface area is 174 Å². The average Bonchev–Trinajstić information content (AvgIpc) is 3.07. The van der Waals surface area contributed by atoms with Gasteiger partial charge in [-0.05, 0) is 29.2 Å². The van der Waals surface area contributed by atoms with Gasteiger partial charge in [-0.3, -0.25) is 4.79 Å². The van der Waals surface area contributed by atoms with Crippen molar-refractivity contribution in [3.05, 3.63) is 59.7 Å². The normalized spacial score (nSPS) is 14.2. The molecule has 1 aliphatic rings. The molecule has 158 valence electrons. The fourth-order valence-electron chi connectivity index (χ4n) is 3.54. The predicted molar refractivity (Wildman–Crippen MR) is 109 cm³/mol. The van der Waals surface area contributed by atoms with Crippen molar-refractivity contribution in [2.24, 2.45) is 0 Å². The molecule has 0 radical (unpaired) electrons. The molecule has 0 aliphatic heterocycles. The van der Waals surface area contributed by atoms with Crippen LogP contribution in [0.3, 0.4) is 0 Å². The van der Waals surface area contributed by atoms with Gasteiger partial charge in [0.05, 0.1) is 6.10 Å². The molecule has 1 aliphatic carbocycles. The molecule has 2 aromatic rings. The van der Waals surface area contributed by atoms with Crippen molar-refractivity contribution in [2.45, 2.75) is 25.0 Å². The lowest BCUT2D eigenvalue weighted by Gasteiger charge is -2.20. The fourth-order valence-corrected chi connectivity index (χ4v) is 3.54. The minimum Gasteiger partial charge on any atom is -0.480 e. The predicted octanol–water partition coefficient (Wildman–Crippen LogP) is 2.13. The van der Waals surface area contributed by atoms with E-state index in [0.29, 0.717) is 0 Å². The number of aliphatic carboxylic acids is 1. The molecular formula is C22H24N2O6. The zero-order valence-corrected chi connectivity index (χ0v) is 16.8. The molecule has 3 rings (SSSR count). The number of nitrogens with one attached hydrogen (secondary N) is 2. The van der Waals surface area contributed by atoms with E-state index in [4.69, 9.17) is 14.6 Å². The number of alkyl carbamates (subject to hydrolysis) is 1. The van der Waals surface area contributed by atoms with Gasteiger partial charge < -0.3 is 25.2 Å². The van der Waals surface area contributed by atoms with Crippen LogP contribution in [0.4, 0.5) is 4.79 Å². The third-order valence-electron chi connectivity index (χ3n) is 5.16. The van der Waals surface area contributed by atoms with E-state index in [1.807, 2.05) is 48.5 Å². The largest absolute Gasteiger partial charge is 0.480 e. The standard InChI is InChI=1S/C22H24N2O6/c1-13(29-2)20(21(26)27)24-19(25)11-23-22(28)30-12-18-16-9-5-3-7-14(16)15-8-4-6-10-17(15)18/h3-10,13,18,20H,11-12H2,1-2H3,(H,23,28)(H,24,25)(H,26,27)/t13-,20+/m1/s1. The molecule has 0 heterocycles. The Bertz CT molecular complexity index is 899. The summed E-state index contributed by atoms with van der Waals surface area (Å²) in [5, 5.41) is 13.8. The van der Waals surface area contributed by atoms with Crippen molar-refractivity contribution < 1.29 is 29.0 Å². The Kier molecular flexibility index (Phi) is 6.68. The van der Waals surface area contributed by atoms with Gasteiger partial charge in [0.15, 0.2) is 6.04 Å². The number of methoxy groups -OCH3 is 1. The van der Waals surface area contributed by atoms with E-state index < -0.39 is 36.7 Å². The summed E-state index contributed by atoms with van der Waals surface area (Å²) in [4.78, 5) is 35.3. The molecule has 2 amide bonds. The lowest BCUT2D eigenvalue weighted by molar-refractivity contribution is -0.145. The first-order valence-corrected chi connectivity index (χ1v) is 9.56. The van der Waals surface area contributed by atoms with Gasteiger partial charge in [-0.15, -0.1) is 0 Å². The monoisotopic (exact) mass is 412 g/mol. The van der Waals surface area contributed by atoms with Crippen LogP contribution in [0.2, 0.25) is 0 Å². The minimum atomic E-state index is -1.22. The van der Waals surface area contributed by atoms with Crippen LogP contribution < -0.4 is 10.6 Å². The van der Waals surface area contributed by atoms with Crippen LogP contribution >= 0.6 is 0 Å². The Morgan fingerprint density at radius 2 is 1.60 bits per heavy atom. The van der Waals surface area contributed by atoms with E-state index in [0.717, 1.165) is 22.3 Å². The van der Waals surface area contributed by atoms with Gasteiger partial charge in [-0.1, -0.05) is 48.5 Å². The molecule has 0 saturated carbocycles. The number of fused-ring (bicyclic) bond motifs is 3. The molecule has 2 aromatic carbocycles. The molecule has 0 saturated heterocycles. The van der Waals surface area contributed by atoms with Crippen LogP contribution in [-0.2, 0) is 19.1 Å². The molecule has 0 aromatic heterocycles. The van der Waals surface area contributed by atoms with Gasteiger partial charge in [0.2, 0.25) is 5.91 Å². The van der Waals surface area contributed by atoms with Crippen molar-refractivity contribution in [1.82, 2.24) is 10.6 Å². The van der Waals surface area contributed by atoms with Gasteiger partial charge in [0.25, 0.3) is 0 Å². The lowest BCUT2D eigenvalue weighted by atomic mass is 9.98. The Morgan fingerprint density at radius 3 is 2.13 bits per heavy atom. The number of benzene rings is 2. The van der Waals surface area contributed by atoms with E-state index in [1.165, 1.54) is 14.0 Å². The summed E-state index contributed by atoms with van der Waals surface area (Å²) in [6, 6.07) is 14.7. The van der Waals surface area contributed by atoms with Crippen molar-refractivity contribution in [3.63, 3.8) is 0 Å². The van der Waals surface area contributed by atoms with E-state index in [2.05, 4.69) is 10.6 Å². The number of carboxylic acids is 1. The highest BCUT2D eigenvalue weighted by molar-refractivity contribution is 5.87. The van der Waals surface area contributed by atoms with Crippen LogP contribution in [-0.4, -0.2) is 55.5 Å². The molecule has 0 spiro atoms. The smallest absolute Gasteiger partial charge is 0.407 e. The summed E-state index contributed by atoms with van der Waals surface area (Å²) in [6.07, 6.45) is -1.47. The first kappa shape index (κ1) is 21.3. The van der Waals surface area contributed by atoms with Gasteiger partial charge in [0.1, 0.15) is 13.2 Å². The second-order valence-electron chi connectivity index (χ2n) is 7.00. The third-order valence-corrected chi connectivity index (χ3v) is 5.16. The molecule has 3 N–H and O–H groups in total. The fraction of sp³-hybridized carbons (Fsp3) is 0.318. The summed E-state index contributed by atoms with van der Waals surface area (Å²) in [5.41, 5.74) is 4.41. The zero-order chi connectivity index (χ0) is 21.7. The van der Waals surface area contributed by atoms with Crippen molar-refractivity contribution in [1.29, 1.82) is 0 Å². The summed E-state index contributed by atoms with van der Waals surface area (Å²) in [5.74, 6) is -1.96. The number of ether oxygens (including phenoxy) is 2. The highest BCUT2D eigenvalue weighted by atomic mass is 16.5. The van der Waals surface area contributed by atoms with Gasteiger partial charge in [0, 0.05) is 13.0 Å². The molecule has 8 nitrogen and oxygen atoms in total. The van der Waals surface area contributed by atoms with E-state index in [1.54, 1.807) is 0 Å². The first-order valence-electron chi connectivity index (χ1n) is 9.56. The number of hydrogen-bond acceptors (Lipinski definition) is 5. The molecule has 8 heteroatoms. The molecule has 2 atom stereocenters. The number of carbonyl (C=O) groups excluding carboxylic acids is 2. The number of carboxylic acid groups (broad SMARTS) is 1. The first-order chi connectivity index (χ1) is 14.4. The molecule has 0 unspecified atom stereocenters. The highest BCUT2D eigenvalue weighted by Gasteiger charge is 2.29. The Hall–Kier alpha value is -3.39. The van der Waals surface area contributed by atoms with Crippen molar-refractivity contribution >= 4 is 18.0 Å². The van der Waals surface area contributed by atoms with Gasteiger partial charge in [-0.2, -0.15) is 0 Å². The maximum atomic E-state index is 12.1. The maximum Gasteiger partial charge on any atom is 0.407 e. The Balaban J connectivity index is 1.54. The van der Waals surface area contributed by atoms with Crippen molar-refractivity contribution in [3.8, 4) is 11.1 Å². The second-order valence-corrected chi connectivity index (χ2v) is 7.00. The topological polar surface area (TPSA) is 114 Å². The second kappa shape index (κ2) is 9.41. The number of amides is 2. The molecular weight excluding hydrogens is 388 g/mol. The lowest BCUT2D eigenvalue weighted by Crippen LogP contribution is -2.51.